The third kappa shape index (κ3) is 3.36. The largest absolute Gasteiger partial charge is 0.464 e. The predicted molar refractivity (Wildman–Crippen MR) is 106 cm³/mol. The number of carbonyl (C=O) groups excluding carboxylic acids is 1. The summed E-state index contributed by atoms with van der Waals surface area (Å²) in [5, 5.41) is 11.9. The Morgan fingerprint density at radius 1 is 1.24 bits per heavy atom. The van der Waals surface area contributed by atoms with Crippen LogP contribution in [-0.2, 0) is 4.74 Å². The van der Waals surface area contributed by atoms with E-state index in [2.05, 4.69) is 15.0 Å². The summed E-state index contributed by atoms with van der Waals surface area (Å²) in [5.74, 6) is -0.938. The smallest absolute Gasteiger partial charge is 0.356 e. The van der Waals surface area contributed by atoms with Crippen LogP contribution in [0.4, 0.5) is 4.39 Å². The lowest BCUT2D eigenvalue weighted by Crippen LogP contribution is -2.09. The number of fused-ring (bicyclic) bond motifs is 1. The maximum Gasteiger partial charge on any atom is 0.356 e. The molecule has 4 aromatic rings. The fraction of sp³-hybridized carbons (Fsp3) is 0.136. The standard InChI is InChI=1S/C22H18FN3O3/c1-12-9-14-18(10-15(12)23)26-20(13-5-4-8-24-11-13)19(14)21(27)16-6-3-7-17(25-16)22(28)29-2/h3-11,21,26-27H,1-2H3. The lowest BCUT2D eigenvalue weighted by Gasteiger charge is -2.13. The van der Waals surface area contributed by atoms with Gasteiger partial charge >= 0.3 is 5.97 Å². The monoisotopic (exact) mass is 391 g/mol. The number of benzene rings is 1. The number of aromatic amines is 1. The summed E-state index contributed by atoms with van der Waals surface area (Å²) < 4.78 is 18.9. The number of hydrogen-bond acceptors (Lipinski definition) is 5. The molecule has 2 N–H and O–H groups in total. The summed E-state index contributed by atoms with van der Waals surface area (Å²) in [6.07, 6.45) is 2.14. The van der Waals surface area contributed by atoms with Gasteiger partial charge in [-0.3, -0.25) is 4.98 Å². The Morgan fingerprint density at radius 3 is 2.79 bits per heavy atom. The van der Waals surface area contributed by atoms with E-state index in [1.165, 1.54) is 19.2 Å². The van der Waals surface area contributed by atoms with Gasteiger partial charge < -0.3 is 14.8 Å². The van der Waals surface area contributed by atoms with E-state index in [1.807, 2.05) is 6.07 Å². The Bertz CT molecular complexity index is 1200. The van der Waals surface area contributed by atoms with Crippen molar-refractivity contribution in [3.05, 3.63) is 83.2 Å². The van der Waals surface area contributed by atoms with Crippen molar-refractivity contribution in [3.8, 4) is 11.3 Å². The Balaban J connectivity index is 1.94. The van der Waals surface area contributed by atoms with Crippen LogP contribution in [0.5, 0.6) is 0 Å². The number of aryl methyl sites for hydroxylation is 1. The topological polar surface area (TPSA) is 88.1 Å². The molecule has 0 saturated carbocycles. The number of ether oxygens (including phenoxy) is 1. The van der Waals surface area contributed by atoms with Gasteiger partial charge in [0.05, 0.1) is 18.5 Å². The Hall–Kier alpha value is -3.58. The molecule has 3 aromatic heterocycles. The van der Waals surface area contributed by atoms with Gasteiger partial charge in [0, 0.05) is 34.4 Å². The molecular weight excluding hydrogens is 373 g/mol. The molecule has 0 aliphatic heterocycles. The number of aliphatic hydroxyl groups is 1. The molecule has 0 bridgehead atoms. The number of methoxy groups -OCH3 is 1. The van der Waals surface area contributed by atoms with Gasteiger partial charge in [0.2, 0.25) is 0 Å². The highest BCUT2D eigenvalue weighted by Gasteiger charge is 2.24. The van der Waals surface area contributed by atoms with Crippen molar-refractivity contribution in [1.29, 1.82) is 0 Å². The zero-order valence-corrected chi connectivity index (χ0v) is 15.8. The van der Waals surface area contributed by atoms with Gasteiger partial charge in [-0.2, -0.15) is 0 Å². The Labute approximate surface area is 166 Å². The summed E-state index contributed by atoms with van der Waals surface area (Å²) in [7, 11) is 1.27. The Kier molecular flexibility index (Phi) is 4.82. The average Bonchev–Trinajstić information content (AvgIpc) is 3.11. The van der Waals surface area contributed by atoms with Crippen molar-refractivity contribution in [3.63, 3.8) is 0 Å². The van der Waals surface area contributed by atoms with Crippen LogP contribution in [0.15, 0.2) is 54.9 Å². The van der Waals surface area contributed by atoms with Crippen molar-refractivity contribution in [2.45, 2.75) is 13.0 Å². The van der Waals surface area contributed by atoms with Gasteiger partial charge in [0.25, 0.3) is 0 Å². The number of hydrogen-bond donors (Lipinski definition) is 2. The van der Waals surface area contributed by atoms with Crippen LogP contribution in [0.1, 0.15) is 33.4 Å². The number of aliphatic hydroxyl groups excluding tert-OH is 1. The highest BCUT2D eigenvalue weighted by atomic mass is 19.1. The number of esters is 1. The summed E-state index contributed by atoms with van der Waals surface area (Å²) in [5.41, 5.74) is 3.25. The predicted octanol–water partition coefficient (Wildman–Crippen LogP) is 3.94. The van der Waals surface area contributed by atoms with Crippen molar-refractivity contribution < 1.29 is 19.0 Å². The first-order valence-corrected chi connectivity index (χ1v) is 8.95. The Morgan fingerprint density at radius 2 is 2.07 bits per heavy atom. The lowest BCUT2D eigenvalue weighted by molar-refractivity contribution is 0.0593. The summed E-state index contributed by atoms with van der Waals surface area (Å²) in [4.78, 5) is 23.4. The number of aromatic nitrogens is 3. The first kappa shape index (κ1) is 18.8. The fourth-order valence-electron chi connectivity index (χ4n) is 3.34. The number of halogens is 1. The number of carbonyl (C=O) groups is 1. The van der Waals surface area contributed by atoms with Gasteiger partial charge in [-0.05, 0) is 48.9 Å². The van der Waals surface area contributed by atoms with E-state index in [1.54, 1.807) is 43.6 Å². The van der Waals surface area contributed by atoms with Crippen molar-refractivity contribution >= 4 is 16.9 Å². The minimum Gasteiger partial charge on any atom is -0.464 e. The lowest BCUT2D eigenvalue weighted by atomic mass is 9.98. The highest BCUT2D eigenvalue weighted by Crippen LogP contribution is 2.37. The molecule has 0 radical (unpaired) electrons. The van der Waals surface area contributed by atoms with Crippen molar-refractivity contribution in [2.24, 2.45) is 0 Å². The molecule has 1 atom stereocenters. The maximum absolute atomic E-state index is 14.1. The fourth-order valence-corrected chi connectivity index (χ4v) is 3.34. The van der Waals surface area contributed by atoms with E-state index in [4.69, 9.17) is 4.74 Å². The molecule has 0 fully saturated rings. The molecule has 6 nitrogen and oxygen atoms in total. The van der Waals surface area contributed by atoms with Crippen LogP contribution in [0.2, 0.25) is 0 Å². The normalized spacial score (nSPS) is 12.1. The molecule has 0 aliphatic rings. The van der Waals surface area contributed by atoms with Crippen molar-refractivity contribution in [1.82, 2.24) is 15.0 Å². The van der Waals surface area contributed by atoms with E-state index >= 15 is 0 Å². The zero-order chi connectivity index (χ0) is 20.5. The average molecular weight is 391 g/mol. The number of H-pyrrole nitrogens is 1. The van der Waals surface area contributed by atoms with Crippen molar-refractivity contribution in [2.75, 3.05) is 7.11 Å². The van der Waals surface area contributed by atoms with E-state index in [-0.39, 0.29) is 17.2 Å². The molecule has 0 aliphatic carbocycles. The third-order valence-electron chi connectivity index (χ3n) is 4.79. The summed E-state index contributed by atoms with van der Waals surface area (Å²) >= 11 is 0. The van der Waals surface area contributed by atoms with Crippen LogP contribution < -0.4 is 0 Å². The van der Waals surface area contributed by atoms with Gasteiger partial charge in [-0.25, -0.2) is 14.2 Å². The second-order valence-corrected chi connectivity index (χ2v) is 6.64. The quantitative estimate of drug-likeness (QED) is 0.515. The van der Waals surface area contributed by atoms with E-state index in [9.17, 15) is 14.3 Å². The molecule has 1 unspecified atom stereocenters. The SMILES string of the molecule is COC(=O)c1cccc(C(O)c2c(-c3cccnc3)[nH]c3cc(F)c(C)cc23)n1. The highest BCUT2D eigenvalue weighted by molar-refractivity contribution is 5.92. The van der Waals surface area contributed by atoms with E-state index in [0.29, 0.717) is 27.7 Å². The van der Waals surface area contributed by atoms with Crippen LogP contribution in [0.3, 0.4) is 0 Å². The molecule has 0 amide bonds. The summed E-state index contributed by atoms with van der Waals surface area (Å²) in [6.45, 7) is 1.66. The van der Waals surface area contributed by atoms with Gasteiger partial charge in [-0.15, -0.1) is 0 Å². The minimum absolute atomic E-state index is 0.0917. The van der Waals surface area contributed by atoms with Crippen LogP contribution in [-0.4, -0.2) is 33.1 Å². The molecule has 0 spiro atoms. The number of nitrogens with zero attached hydrogens (tertiary/aromatic N) is 2. The molecule has 7 heteroatoms. The molecule has 3 heterocycles. The summed E-state index contributed by atoms with van der Waals surface area (Å²) in [6, 6.07) is 11.5. The van der Waals surface area contributed by atoms with Crippen LogP contribution in [0, 0.1) is 12.7 Å². The number of pyridine rings is 2. The zero-order valence-electron chi connectivity index (χ0n) is 15.8. The van der Waals surface area contributed by atoms with Gasteiger partial charge in [-0.1, -0.05) is 6.07 Å². The third-order valence-corrected chi connectivity index (χ3v) is 4.79. The maximum atomic E-state index is 14.1. The molecule has 4 rings (SSSR count). The van der Waals surface area contributed by atoms with Crippen LogP contribution >= 0.6 is 0 Å². The molecule has 1 aromatic carbocycles. The number of rotatable bonds is 4. The number of nitrogens with one attached hydrogen (secondary N) is 1. The first-order valence-electron chi connectivity index (χ1n) is 8.95. The first-order chi connectivity index (χ1) is 14.0. The van der Waals surface area contributed by atoms with Gasteiger partial charge in [0.1, 0.15) is 17.6 Å². The minimum atomic E-state index is -1.16. The molecular formula is C22H18FN3O3. The van der Waals surface area contributed by atoms with Gasteiger partial charge in [0.15, 0.2) is 0 Å². The molecule has 146 valence electrons. The van der Waals surface area contributed by atoms with Crippen LogP contribution in [0.25, 0.3) is 22.2 Å². The molecule has 0 saturated heterocycles. The second-order valence-electron chi connectivity index (χ2n) is 6.64. The van der Waals surface area contributed by atoms with E-state index in [0.717, 1.165) is 5.56 Å². The molecule has 29 heavy (non-hydrogen) atoms. The second kappa shape index (κ2) is 7.44. The van der Waals surface area contributed by atoms with E-state index < -0.39 is 12.1 Å².